The highest BCUT2D eigenvalue weighted by Gasteiger charge is 2.16. The van der Waals surface area contributed by atoms with Gasteiger partial charge in [-0.05, 0) is 63.9 Å². The molecular weight excluding hydrogens is 334 g/mol. The van der Waals surface area contributed by atoms with Gasteiger partial charge in [0.25, 0.3) is 0 Å². The predicted octanol–water partition coefficient (Wildman–Crippen LogP) is 4.30. The van der Waals surface area contributed by atoms with E-state index < -0.39 is 0 Å². The highest BCUT2D eigenvalue weighted by molar-refractivity contribution is 5.90. The zero-order valence-corrected chi connectivity index (χ0v) is 16.5. The van der Waals surface area contributed by atoms with Crippen molar-refractivity contribution in [2.24, 2.45) is 0 Å². The third-order valence-corrected chi connectivity index (χ3v) is 5.87. The van der Waals surface area contributed by atoms with Crippen LogP contribution in [0.1, 0.15) is 51.4 Å². The maximum absolute atomic E-state index is 4.96. The Bertz CT molecular complexity index is 718. The molecule has 2 aliphatic rings. The Morgan fingerprint density at radius 3 is 2.33 bits per heavy atom. The van der Waals surface area contributed by atoms with Crippen LogP contribution in [0.15, 0.2) is 24.3 Å². The summed E-state index contributed by atoms with van der Waals surface area (Å²) in [5, 5.41) is 4.67. The monoisotopic (exact) mass is 367 g/mol. The van der Waals surface area contributed by atoms with Crippen LogP contribution in [-0.2, 0) is 0 Å². The van der Waals surface area contributed by atoms with Crippen molar-refractivity contribution in [1.29, 1.82) is 0 Å². The zero-order valence-electron chi connectivity index (χ0n) is 16.5. The van der Waals surface area contributed by atoms with E-state index in [-0.39, 0.29) is 0 Å². The molecule has 0 aliphatic carbocycles. The summed E-state index contributed by atoms with van der Waals surface area (Å²) in [6.07, 6.45) is 10.4. The van der Waals surface area contributed by atoms with E-state index in [4.69, 9.17) is 9.97 Å². The number of rotatable bonds is 6. The fourth-order valence-electron chi connectivity index (χ4n) is 4.35. The third-order valence-electron chi connectivity index (χ3n) is 5.87. The normalized spacial score (nSPS) is 19.2. The number of likely N-dealkylation sites (tertiary alicyclic amines) is 1. The van der Waals surface area contributed by atoms with E-state index in [9.17, 15) is 0 Å². The van der Waals surface area contributed by atoms with Crippen LogP contribution in [0.25, 0.3) is 10.9 Å². The molecule has 0 amide bonds. The second-order valence-corrected chi connectivity index (χ2v) is 7.97. The van der Waals surface area contributed by atoms with Gasteiger partial charge in [0.05, 0.1) is 5.52 Å². The molecule has 2 saturated heterocycles. The number of anilines is 2. The molecule has 2 fully saturated rings. The minimum absolute atomic E-state index is 0.784. The molecular formula is C22H33N5. The molecule has 0 bridgehead atoms. The van der Waals surface area contributed by atoms with Crippen molar-refractivity contribution in [1.82, 2.24) is 14.9 Å². The van der Waals surface area contributed by atoms with Gasteiger partial charge in [0.1, 0.15) is 5.82 Å². The maximum Gasteiger partial charge on any atom is 0.225 e. The molecule has 5 heteroatoms. The number of hydrogen-bond donors (Lipinski definition) is 1. The Kier molecular flexibility index (Phi) is 6.40. The van der Waals surface area contributed by atoms with Crippen molar-refractivity contribution in [3.05, 3.63) is 24.3 Å². The van der Waals surface area contributed by atoms with Crippen molar-refractivity contribution in [2.75, 3.05) is 49.5 Å². The van der Waals surface area contributed by atoms with Crippen LogP contribution in [0.2, 0.25) is 0 Å². The average molecular weight is 368 g/mol. The van der Waals surface area contributed by atoms with E-state index in [1.54, 1.807) is 0 Å². The lowest BCUT2D eigenvalue weighted by Crippen LogP contribution is -2.28. The van der Waals surface area contributed by atoms with E-state index in [0.717, 1.165) is 43.3 Å². The van der Waals surface area contributed by atoms with E-state index in [1.807, 2.05) is 0 Å². The lowest BCUT2D eigenvalue weighted by atomic mass is 10.1. The topological polar surface area (TPSA) is 44.3 Å². The van der Waals surface area contributed by atoms with E-state index in [1.165, 1.54) is 70.0 Å². The van der Waals surface area contributed by atoms with Crippen LogP contribution in [0.5, 0.6) is 0 Å². The van der Waals surface area contributed by atoms with Gasteiger partial charge in [-0.2, -0.15) is 4.98 Å². The molecule has 1 aromatic heterocycles. The summed E-state index contributed by atoms with van der Waals surface area (Å²) in [6.45, 7) is 6.87. The van der Waals surface area contributed by atoms with Crippen LogP contribution < -0.4 is 10.2 Å². The zero-order chi connectivity index (χ0) is 18.3. The van der Waals surface area contributed by atoms with Gasteiger partial charge in [-0.3, -0.25) is 0 Å². The largest absolute Gasteiger partial charge is 0.356 e. The van der Waals surface area contributed by atoms with Gasteiger partial charge < -0.3 is 15.1 Å². The predicted molar refractivity (Wildman–Crippen MR) is 114 cm³/mol. The lowest BCUT2D eigenvalue weighted by Gasteiger charge is -2.27. The van der Waals surface area contributed by atoms with Crippen molar-refractivity contribution < 1.29 is 0 Å². The highest BCUT2D eigenvalue weighted by atomic mass is 15.2. The molecule has 0 atom stereocenters. The first-order chi connectivity index (χ1) is 13.4. The Morgan fingerprint density at radius 1 is 0.815 bits per heavy atom. The fraction of sp³-hybridized carbons (Fsp3) is 0.636. The molecule has 146 valence electrons. The Labute approximate surface area is 163 Å². The molecule has 1 aromatic carbocycles. The van der Waals surface area contributed by atoms with E-state index in [0.29, 0.717) is 0 Å². The fourth-order valence-corrected chi connectivity index (χ4v) is 4.35. The second kappa shape index (κ2) is 9.36. The number of fused-ring (bicyclic) bond motifs is 1. The van der Waals surface area contributed by atoms with Gasteiger partial charge in [0.15, 0.2) is 0 Å². The van der Waals surface area contributed by atoms with Gasteiger partial charge in [-0.1, -0.05) is 31.4 Å². The van der Waals surface area contributed by atoms with Crippen molar-refractivity contribution in [2.45, 2.75) is 51.4 Å². The van der Waals surface area contributed by atoms with Crippen molar-refractivity contribution >= 4 is 22.7 Å². The first-order valence-electron chi connectivity index (χ1n) is 10.9. The van der Waals surface area contributed by atoms with Crippen molar-refractivity contribution in [3.63, 3.8) is 0 Å². The van der Waals surface area contributed by atoms with Gasteiger partial charge in [-0.15, -0.1) is 0 Å². The number of aromatic nitrogens is 2. The van der Waals surface area contributed by atoms with Gasteiger partial charge in [0, 0.05) is 25.0 Å². The standard InChI is InChI=1S/C22H33N5/c1-2-6-17-27(18-7-3-1)21-19-11-4-5-12-20(19)24-22(25-21)23-13-10-16-26-14-8-9-15-26/h4-5,11-12H,1-3,6-10,13-18H2,(H,23,24,25). The molecule has 5 nitrogen and oxygen atoms in total. The summed E-state index contributed by atoms with van der Waals surface area (Å²) < 4.78 is 0. The molecule has 0 radical (unpaired) electrons. The van der Waals surface area contributed by atoms with Gasteiger partial charge in [-0.25, -0.2) is 4.98 Å². The quantitative estimate of drug-likeness (QED) is 0.771. The number of hydrogen-bond acceptors (Lipinski definition) is 5. The summed E-state index contributed by atoms with van der Waals surface area (Å²) in [6, 6.07) is 8.45. The average Bonchev–Trinajstić information content (AvgIpc) is 3.18. The first-order valence-corrected chi connectivity index (χ1v) is 10.9. The van der Waals surface area contributed by atoms with Gasteiger partial charge >= 0.3 is 0 Å². The van der Waals surface area contributed by atoms with E-state index >= 15 is 0 Å². The summed E-state index contributed by atoms with van der Waals surface area (Å²) in [7, 11) is 0. The summed E-state index contributed by atoms with van der Waals surface area (Å²) in [5.74, 6) is 1.90. The number of para-hydroxylation sites is 1. The minimum Gasteiger partial charge on any atom is -0.356 e. The maximum atomic E-state index is 4.96. The molecule has 3 heterocycles. The Hall–Kier alpha value is -1.88. The molecule has 27 heavy (non-hydrogen) atoms. The summed E-state index contributed by atoms with van der Waals surface area (Å²) >= 11 is 0. The number of benzene rings is 1. The van der Waals surface area contributed by atoms with Crippen LogP contribution >= 0.6 is 0 Å². The molecule has 4 rings (SSSR count). The Morgan fingerprint density at radius 2 is 1.52 bits per heavy atom. The highest BCUT2D eigenvalue weighted by Crippen LogP contribution is 2.27. The van der Waals surface area contributed by atoms with Crippen LogP contribution in [0, 0.1) is 0 Å². The molecule has 0 saturated carbocycles. The van der Waals surface area contributed by atoms with Crippen molar-refractivity contribution in [3.8, 4) is 0 Å². The number of nitrogens with one attached hydrogen (secondary N) is 1. The third kappa shape index (κ3) is 4.89. The molecule has 1 N–H and O–H groups in total. The second-order valence-electron chi connectivity index (χ2n) is 7.97. The Balaban J connectivity index is 1.47. The van der Waals surface area contributed by atoms with Crippen LogP contribution in [0.4, 0.5) is 11.8 Å². The first kappa shape index (κ1) is 18.5. The minimum atomic E-state index is 0.784. The molecule has 2 aliphatic heterocycles. The summed E-state index contributed by atoms with van der Waals surface area (Å²) in [4.78, 5) is 14.8. The lowest BCUT2D eigenvalue weighted by molar-refractivity contribution is 0.337. The summed E-state index contributed by atoms with van der Waals surface area (Å²) in [5.41, 5.74) is 1.05. The smallest absolute Gasteiger partial charge is 0.225 e. The van der Waals surface area contributed by atoms with E-state index in [2.05, 4.69) is 39.4 Å². The van der Waals surface area contributed by atoms with Crippen LogP contribution in [-0.4, -0.2) is 54.1 Å². The van der Waals surface area contributed by atoms with Gasteiger partial charge in [0.2, 0.25) is 5.95 Å². The van der Waals surface area contributed by atoms with Crippen LogP contribution in [0.3, 0.4) is 0 Å². The molecule has 0 unspecified atom stereocenters. The SMILES string of the molecule is c1ccc2c(N3CCCCCCC3)nc(NCCCN3CCCC3)nc2c1. The molecule has 2 aromatic rings. The number of nitrogens with zero attached hydrogens (tertiary/aromatic N) is 4. The molecule has 0 spiro atoms.